The number of halogens is 1. The molecule has 22 heavy (non-hydrogen) atoms. The number of nitrogen functional groups attached to an aromatic ring is 1. The Kier molecular flexibility index (Phi) is 3.23. The number of nitrogens with zero attached hydrogens (tertiary/aromatic N) is 2. The van der Waals surface area contributed by atoms with Crippen molar-refractivity contribution in [1.29, 1.82) is 5.26 Å². The van der Waals surface area contributed by atoms with E-state index in [-0.39, 0.29) is 28.7 Å². The summed E-state index contributed by atoms with van der Waals surface area (Å²) in [5.41, 5.74) is 12.1. The van der Waals surface area contributed by atoms with E-state index in [9.17, 15) is 10.1 Å². The van der Waals surface area contributed by atoms with Crippen LogP contribution in [0.1, 0.15) is 17.0 Å². The van der Waals surface area contributed by atoms with E-state index in [2.05, 4.69) is 15.3 Å². The van der Waals surface area contributed by atoms with E-state index < -0.39 is 11.5 Å². The van der Waals surface area contributed by atoms with Crippen molar-refractivity contribution in [3.8, 4) is 6.07 Å². The topological polar surface area (TPSA) is 134 Å². The first-order valence-corrected chi connectivity index (χ1v) is 6.71. The molecule has 8 heteroatoms. The number of nitrogens with one attached hydrogen (secondary N) is 2. The SMILES string of the molecule is N#CC1=C(N)Nc2nc(N)[nH]c(=O)c2C1c1ccccc1Cl. The molecule has 0 amide bonds. The average Bonchev–Trinajstić information content (AvgIpc) is 2.46. The first-order chi connectivity index (χ1) is 10.5. The Labute approximate surface area is 130 Å². The predicted octanol–water partition coefficient (Wildman–Crippen LogP) is 1.26. The summed E-state index contributed by atoms with van der Waals surface area (Å²) < 4.78 is 0. The summed E-state index contributed by atoms with van der Waals surface area (Å²) in [7, 11) is 0. The number of hydrogen-bond donors (Lipinski definition) is 4. The molecule has 2 heterocycles. The Morgan fingerprint density at radius 3 is 2.73 bits per heavy atom. The lowest BCUT2D eigenvalue weighted by atomic mass is 9.84. The maximum atomic E-state index is 12.3. The molecular weight excluding hydrogens is 304 g/mol. The normalized spacial score (nSPS) is 16.6. The molecule has 0 saturated heterocycles. The van der Waals surface area contributed by atoms with Crippen molar-refractivity contribution in [3.05, 3.63) is 62.2 Å². The molecule has 3 rings (SSSR count). The van der Waals surface area contributed by atoms with Gasteiger partial charge in [0.1, 0.15) is 11.6 Å². The number of benzene rings is 1. The van der Waals surface area contributed by atoms with Crippen molar-refractivity contribution in [2.24, 2.45) is 5.73 Å². The first-order valence-electron chi connectivity index (χ1n) is 6.33. The highest BCUT2D eigenvalue weighted by Crippen LogP contribution is 2.40. The van der Waals surface area contributed by atoms with Crippen LogP contribution < -0.4 is 22.3 Å². The maximum absolute atomic E-state index is 12.3. The lowest BCUT2D eigenvalue weighted by molar-refractivity contribution is 0.884. The van der Waals surface area contributed by atoms with Crippen LogP contribution >= 0.6 is 11.6 Å². The number of aromatic amines is 1. The number of rotatable bonds is 1. The Morgan fingerprint density at radius 1 is 1.32 bits per heavy atom. The number of aromatic nitrogens is 2. The Hall–Kier alpha value is -2.98. The molecule has 0 fully saturated rings. The van der Waals surface area contributed by atoms with Gasteiger partial charge in [-0.15, -0.1) is 0 Å². The monoisotopic (exact) mass is 314 g/mol. The molecule has 1 atom stereocenters. The van der Waals surface area contributed by atoms with Crippen LogP contribution in [-0.2, 0) is 0 Å². The van der Waals surface area contributed by atoms with E-state index in [0.29, 0.717) is 10.6 Å². The van der Waals surface area contributed by atoms with Gasteiger partial charge in [0.2, 0.25) is 5.95 Å². The Bertz CT molecular complexity index is 895. The zero-order valence-corrected chi connectivity index (χ0v) is 12.0. The summed E-state index contributed by atoms with van der Waals surface area (Å²) in [4.78, 5) is 18.8. The maximum Gasteiger partial charge on any atom is 0.258 e. The van der Waals surface area contributed by atoms with Crippen molar-refractivity contribution >= 4 is 23.4 Å². The fourth-order valence-electron chi connectivity index (χ4n) is 2.50. The fraction of sp³-hybridized carbons (Fsp3) is 0.0714. The smallest absolute Gasteiger partial charge is 0.258 e. The van der Waals surface area contributed by atoms with Crippen LogP contribution in [0, 0.1) is 11.3 Å². The molecule has 1 aliphatic rings. The number of fused-ring (bicyclic) bond motifs is 1. The van der Waals surface area contributed by atoms with E-state index >= 15 is 0 Å². The van der Waals surface area contributed by atoms with E-state index in [4.69, 9.17) is 23.1 Å². The van der Waals surface area contributed by atoms with Gasteiger partial charge in [-0.25, -0.2) is 0 Å². The molecule has 1 aromatic heterocycles. The average molecular weight is 315 g/mol. The lowest BCUT2D eigenvalue weighted by Gasteiger charge is -2.26. The number of hydrogen-bond acceptors (Lipinski definition) is 6. The highest BCUT2D eigenvalue weighted by atomic mass is 35.5. The summed E-state index contributed by atoms with van der Waals surface area (Å²) in [6.07, 6.45) is 0. The van der Waals surface area contributed by atoms with Crippen LogP contribution in [0.25, 0.3) is 0 Å². The lowest BCUT2D eigenvalue weighted by Crippen LogP contribution is -2.30. The molecule has 110 valence electrons. The second-order valence-electron chi connectivity index (χ2n) is 4.73. The van der Waals surface area contributed by atoms with Crippen LogP contribution in [0.4, 0.5) is 11.8 Å². The molecule has 6 N–H and O–H groups in total. The fourth-order valence-corrected chi connectivity index (χ4v) is 2.75. The van der Waals surface area contributed by atoms with Crippen molar-refractivity contribution in [1.82, 2.24) is 9.97 Å². The van der Waals surface area contributed by atoms with Crippen LogP contribution in [0.2, 0.25) is 5.02 Å². The molecular formula is C14H11ClN6O. The van der Waals surface area contributed by atoms with Crippen molar-refractivity contribution < 1.29 is 0 Å². The Balaban J connectivity index is 2.35. The van der Waals surface area contributed by atoms with Crippen molar-refractivity contribution in [2.45, 2.75) is 5.92 Å². The number of nitriles is 1. The molecule has 0 saturated carbocycles. The third kappa shape index (κ3) is 2.06. The zero-order valence-electron chi connectivity index (χ0n) is 11.2. The van der Waals surface area contributed by atoms with Gasteiger partial charge in [0, 0.05) is 5.02 Å². The number of anilines is 2. The van der Waals surface area contributed by atoms with Gasteiger partial charge in [-0.3, -0.25) is 9.78 Å². The second-order valence-corrected chi connectivity index (χ2v) is 5.14. The van der Waals surface area contributed by atoms with Gasteiger partial charge in [0.25, 0.3) is 5.56 Å². The van der Waals surface area contributed by atoms with Crippen molar-refractivity contribution in [3.63, 3.8) is 0 Å². The van der Waals surface area contributed by atoms with Crippen LogP contribution in [-0.4, -0.2) is 9.97 Å². The number of H-pyrrole nitrogens is 1. The van der Waals surface area contributed by atoms with Gasteiger partial charge in [-0.05, 0) is 11.6 Å². The Morgan fingerprint density at radius 2 is 2.05 bits per heavy atom. The van der Waals surface area contributed by atoms with Crippen molar-refractivity contribution in [2.75, 3.05) is 11.1 Å². The van der Waals surface area contributed by atoms with Gasteiger partial charge < -0.3 is 16.8 Å². The number of allylic oxidation sites excluding steroid dienone is 1. The molecule has 0 bridgehead atoms. The zero-order chi connectivity index (χ0) is 15.9. The van der Waals surface area contributed by atoms with Gasteiger partial charge in [-0.2, -0.15) is 10.2 Å². The van der Waals surface area contributed by atoms with Gasteiger partial charge in [0.05, 0.1) is 23.1 Å². The molecule has 1 aliphatic heterocycles. The summed E-state index contributed by atoms with van der Waals surface area (Å²) in [6.45, 7) is 0. The molecule has 2 aromatic rings. The van der Waals surface area contributed by atoms with Gasteiger partial charge in [-0.1, -0.05) is 29.8 Å². The standard InChI is InChI=1S/C14H11ClN6O/c15-8-4-2-1-3-6(8)9-7(5-16)11(17)19-12-10(9)13(22)21-14(18)20-12/h1-4,9H,17H2,(H4,18,19,20,21,22). The quantitative estimate of drug-likeness (QED) is 0.626. The molecule has 0 radical (unpaired) electrons. The molecule has 1 aromatic carbocycles. The van der Waals surface area contributed by atoms with E-state index in [0.717, 1.165) is 0 Å². The van der Waals surface area contributed by atoms with Gasteiger partial charge >= 0.3 is 0 Å². The van der Waals surface area contributed by atoms with Crippen LogP contribution in [0.3, 0.4) is 0 Å². The van der Waals surface area contributed by atoms with Crippen LogP contribution in [0.15, 0.2) is 40.5 Å². The molecule has 1 unspecified atom stereocenters. The third-order valence-electron chi connectivity index (χ3n) is 3.43. The largest absolute Gasteiger partial charge is 0.384 e. The summed E-state index contributed by atoms with van der Waals surface area (Å²) >= 11 is 6.23. The van der Waals surface area contributed by atoms with E-state index in [1.54, 1.807) is 24.3 Å². The van der Waals surface area contributed by atoms with E-state index in [1.165, 1.54) is 0 Å². The summed E-state index contributed by atoms with van der Waals surface area (Å²) in [5.74, 6) is -0.394. The molecule has 0 spiro atoms. The van der Waals surface area contributed by atoms with E-state index in [1.807, 2.05) is 6.07 Å². The highest BCUT2D eigenvalue weighted by molar-refractivity contribution is 6.31. The summed E-state index contributed by atoms with van der Waals surface area (Å²) in [5, 5.41) is 12.6. The highest BCUT2D eigenvalue weighted by Gasteiger charge is 2.33. The minimum atomic E-state index is -0.702. The minimum absolute atomic E-state index is 0.0395. The van der Waals surface area contributed by atoms with Gasteiger partial charge in [0.15, 0.2) is 0 Å². The predicted molar refractivity (Wildman–Crippen MR) is 83.0 cm³/mol. The minimum Gasteiger partial charge on any atom is -0.384 e. The second kappa shape index (κ2) is 5.09. The molecule has 7 nitrogen and oxygen atoms in total. The van der Waals surface area contributed by atoms with Crippen LogP contribution in [0.5, 0.6) is 0 Å². The third-order valence-corrected chi connectivity index (χ3v) is 3.78. The molecule has 0 aliphatic carbocycles. The number of nitrogens with two attached hydrogens (primary N) is 2. The first kappa shape index (κ1) is 14.0. The summed E-state index contributed by atoms with van der Waals surface area (Å²) in [6, 6.07) is 8.99.